The van der Waals surface area contributed by atoms with Gasteiger partial charge >= 0.3 is 6.03 Å². The van der Waals surface area contributed by atoms with Crippen LogP contribution in [-0.4, -0.2) is 40.7 Å². The smallest absolute Gasteiger partial charge is 0.317 e. The zero-order chi connectivity index (χ0) is 16.9. The first-order chi connectivity index (χ1) is 11.6. The molecule has 1 fully saturated rings. The number of carbonyl (C=O) groups excluding carboxylic acids is 1. The van der Waals surface area contributed by atoms with Crippen molar-refractivity contribution in [3.63, 3.8) is 0 Å². The summed E-state index contributed by atoms with van der Waals surface area (Å²) in [7, 11) is 0. The molecule has 2 aromatic rings. The van der Waals surface area contributed by atoms with Gasteiger partial charge in [0.2, 0.25) is 5.89 Å². The Morgan fingerprint density at radius 2 is 2.29 bits per heavy atom. The number of piperidine rings is 1. The Bertz CT molecular complexity index is 703. The molecule has 0 unspecified atom stereocenters. The molecule has 3 rings (SSSR count). The zero-order valence-electron chi connectivity index (χ0n) is 13.7. The number of urea groups is 1. The molecule has 1 aromatic carbocycles. The summed E-state index contributed by atoms with van der Waals surface area (Å²) < 4.78 is 5.05. The lowest BCUT2D eigenvalue weighted by molar-refractivity contribution is 0.178. The fourth-order valence-corrected chi connectivity index (χ4v) is 3.20. The van der Waals surface area contributed by atoms with Crippen LogP contribution in [-0.2, 0) is 6.42 Å². The first-order valence-electron chi connectivity index (χ1n) is 8.20. The highest BCUT2D eigenvalue weighted by atomic mass is 35.5. The molecule has 1 aliphatic heterocycles. The van der Waals surface area contributed by atoms with Gasteiger partial charge in [0.1, 0.15) is 0 Å². The lowest BCUT2D eigenvalue weighted by atomic mass is 9.98. The molecule has 0 saturated carbocycles. The van der Waals surface area contributed by atoms with Crippen LogP contribution in [0.5, 0.6) is 0 Å². The van der Waals surface area contributed by atoms with Gasteiger partial charge in [-0.15, -0.1) is 0 Å². The van der Waals surface area contributed by atoms with Gasteiger partial charge in [-0.05, 0) is 30.9 Å². The summed E-state index contributed by atoms with van der Waals surface area (Å²) >= 11 is 6.13. The lowest BCUT2D eigenvalue weighted by Crippen LogP contribution is -2.45. The summed E-state index contributed by atoms with van der Waals surface area (Å²) in [6.45, 7) is 3.71. The van der Waals surface area contributed by atoms with E-state index in [1.165, 1.54) is 0 Å². The Labute approximate surface area is 146 Å². The van der Waals surface area contributed by atoms with E-state index in [9.17, 15) is 4.79 Å². The largest absolute Gasteiger partial charge is 0.340 e. The SMILES string of the molecule is Cc1nc([C@H]2CCCN(C(=O)NCCc3ccccc3Cl)C2)no1. The minimum atomic E-state index is -0.0491. The van der Waals surface area contributed by atoms with E-state index in [-0.39, 0.29) is 11.9 Å². The molecule has 7 heteroatoms. The van der Waals surface area contributed by atoms with Crippen molar-refractivity contribution in [2.24, 2.45) is 0 Å². The van der Waals surface area contributed by atoms with E-state index in [4.69, 9.17) is 16.1 Å². The predicted molar refractivity (Wildman–Crippen MR) is 91.1 cm³/mol. The van der Waals surface area contributed by atoms with Crippen LogP contribution in [0.25, 0.3) is 0 Å². The molecule has 24 heavy (non-hydrogen) atoms. The summed E-state index contributed by atoms with van der Waals surface area (Å²) in [4.78, 5) is 18.5. The van der Waals surface area contributed by atoms with Gasteiger partial charge in [-0.25, -0.2) is 4.79 Å². The maximum Gasteiger partial charge on any atom is 0.317 e. The molecule has 0 radical (unpaired) electrons. The van der Waals surface area contributed by atoms with Gasteiger partial charge in [0, 0.05) is 37.5 Å². The fraction of sp³-hybridized carbons (Fsp3) is 0.471. The minimum absolute atomic E-state index is 0.0491. The van der Waals surface area contributed by atoms with Crippen molar-refractivity contribution in [2.45, 2.75) is 32.1 Å². The van der Waals surface area contributed by atoms with Crippen molar-refractivity contribution in [3.05, 3.63) is 46.6 Å². The number of amides is 2. The van der Waals surface area contributed by atoms with E-state index in [0.717, 1.165) is 30.0 Å². The first-order valence-corrected chi connectivity index (χ1v) is 8.57. The van der Waals surface area contributed by atoms with Crippen LogP contribution >= 0.6 is 11.6 Å². The molecule has 6 nitrogen and oxygen atoms in total. The third kappa shape index (κ3) is 4.06. The molecular weight excluding hydrogens is 328 g/mol. The Hall–Kier alpha value is -2.08. The van der Waals surface area contributed by atoms with Gasteiger partial charge < -0.3 is 14.7 Å². The number of hydrogen-bond acceptors (Lipinski definition) is 4. The average molecular weight is 349 g/mol. The Balaban J connectivity index is 1.50. The normalized spacial score (nSPS) is 17.8. The van der Waals surface area contributed by atoms with Crippen molar-refractivity contribution < 1.29 is 9.32 Å². The van der Waals surface area contributed by atoms with Gasteiger partial charge in [0.05, 0.1) is 0 Å². The van der Waals surface area contributed by atoms with Crippen molar-refractivity contribution in [1.29, 1.82) is 0 Å². The number of nitrogens with zero attached hydrogens (tertiary/aromatic N) is 3. The van der Waals surface area contributed by atoms with E-state index in [0.29, 0.717) is 31.2 Å². The van der Waals surface area contributed by atoms with Crippen molar-refractivity contribution in [2.75, 3.05) is 19.6 Å². The predicted octanol–water partition coefficient (Wildman–Crippen LogP) is 3.16. The van der Waals surface area contributed by atoms with Gasteiger partial charge in [-0.1, -0.05) is 35.0 Å². The third-order valence-corrected chi connectivity index (χ3v) is 4.61. The summed E-state index contributed by atoms with van der Waals surface area (Å²) in [6, 6.07) is 7.64. The van der Waals surface area contributed by atoms with Gasteiger partial charge in [-0.2, -0.15) is 4.98 Å². The number of likely N-dealkylation sites (tertiary alicyclic amines) is 1. The topological polar surface area (TPSA) is 71.3 Å². The summed E-state index contributed by atoms with van der Waals surface area (Å²) in [5.74, 6) is 1.40. The molecule has 0 bridgehead atoms. The average Bonchev–Trinajstić information content (AvgIpc) is 3.03. The van der Waals surface area contributed by atoms with Crippen LogP contribution in [0.3, 0.4) is 0 Å². The van der Waals surface area contributed by atoms with Crippen molar-refractivity contribution in [3.8, 4) is 0 Å². The maximum absolute atomic E-state index is 12.4. The number of carbonyl (C=O) groups is 1. The fourth-order valence-electron chi connectivity index (χ4n) is 2.97. The van der Waals surface area contributed by atoms with Crippen molar-refractivity contribution in [1.82, 2.24) is 20.4 Å². The van der Waals surface area contributed by atoms with Gasteiger partial charge in [-0.3, -0.25) is 0 Å². The number of nitrogens with one attached hydrogen (secondary N) is 1. The molecule has 1 aromatic heterocycles. The highest BCUT2D eigenvalue weighted by Gasteiger charge is 2.27. The summed E-state index contributed by atoms with van der Waals surface area (Å²) in [6.07, 6.45) is 2.63. The second-order valence-electron chi connectivity index (χ2n) is 6.03. The standard InChI is InChI=1S/C17H21ClN4O2/c1-12-20-16(21-24-12)14-6-4-10-22(11-14)17(23)19-9-8-13-5-2-3-7-15(13)18/h2-3,5,7,14H,4,6,8-11H2,1H3,(H,19,23)/t14-/m0/s1. The van der Waals surface area contributed by atoms with Gasteiger partial charge in [0.25, 0.3) is 0 Å². The molecule has 0 aliphatic carbocycles. The molecular formula is C17H21ClN4O2. The molecule has 2 heterocycles. The number of hydrogen-bond donors (Lipinski definition) is 1. The van der Waals surface area contributed by atoms with Crippen LogP contribution in [0.2, 0.25) is 5.02 Å². The highest BCUT2D eigenvalue weighted by Crippen LogP contribution is 2.24. The molecule has 2 amide bonds. The maximum atomic E-state index is 12.4. The zero-order valence-corrected chi connectivity index (χ0v) is 14.4. The number of aryl methyl sites for hydroxylation is 1. The van der Waals surface area contributed by atoms with Gasteiger partial charge in [0.15, 0.2) is 5.82 Å². The Kier molecular flexibility index (Phi) is 5.35. The number of rotatable bonds is 4. The highest BCUT2D eigenvalue weighted by molar-refractivity contribution is 6.31. The number of halogens is 1. The second kappa shape index (κ2) is 7.66. The van der Waals surface area contributed by atoms with Crippen LogP contribution in [0.1, 0.15) is 36.0 Å². The van der Waals surface area contributed by atoms with E-state index in [2.05, 4.69) is 15.5 Å². The molecule has 0 spiro atoms. The molecule has 1 N–H and O–H groups in total. The lowest BCUT2D eigenvalue weighted by Gasteiger charge is -2.31. The van der Waals surface area contributed by atoms with Crippen LogP contribution in [0.15, 0.2) is 28.8 Å². The van der Waals surface area contributed by atoms with E-state index < -0.39 is 0 Å². The molecule has 1 aliphatic rings. The number of aromatic nitrogens is 2. The Morgan fingerprint density at radius 1 is 1.46 bits per heavy atom. The third-order valence-electron chi connectivity index (χ3n) is 4.25. The monoisotopic (exact) mass is 348 g/mol. The van der Waals surface area contributed by atoms with E-state index in [1.54, 1.807) is 6.92 Å². The van der Waals surface area contributed by atoms with Crippen molar-refractivity contribution >= 4 is 17.6 Å². The molecule has 1 atom stereocenters. The quantitative estimate of drug-likeness (QED) is 0.921. The first kappa shape index (κ1) is 16.8. The van der Waals surface area contributed by atoms with E-state index >= 15 is 0 Å². The van der Waals surface area contributed by atoms with Crippen LogP contribution in [0.4, 0.5) is 4.79 Å². The Morgan fingerprint density at radius 3 is 3.04 bits per heavy atom. The summed E-state index contributed by atoms with van der Waals surface area (Å²) in [5.41, 5.74) is 1.04. The minimum Gasteiger partial charge on any atom is -0.340 e. The molecule has 1 saturated heterocycles. The number of benzene rings is 1. The van der Waals surface area contributed by atoms with Crippen LogP contribution in [0, 0.1) is 6.92 Å². The van der Waals surface area contributed by atoms with Crippen LogP contribution < -0.4 is 5.32 Å². The second-order valence-corrected chi connectivity index (χ2v) is 6.44. The summed E-state index contributed by atoms with van der Waals surface area (Å²) in [5, 5.41) is 7.69. The molecule has 128 valence electrons. The van der Waals surface area contributed by atoms with E-state index in [1.807, 2.05) is 29.2 Å².